The first-order valence-electron chi connectivity index (χ1n) is 15.1. The predicted molar refractivity (Wildman–Crippen MR) is 187 cm³/mol. The molecule has 0 saturated heterocycles. The molecule has 0 N–H and O–H groups in total. The maximum absolute atomic E-state index is 5.17. The lowest BCUT2D eigenvalue weighted by Gasteiger charge is -2.12. The standard InChI is InChI=1S/C42H28N2/c1-44-41-23-22-31(39-25-30-11-3-5-13-33(30)35-15-7-9-17-37(35)39)26-40(41)43-42(44)28-20-18-27(19-21-28)38-24-29-10-2-4-12-32(29)34-14-6-8-16-36(34)38/h2-26H,1H3. The Hall–Kier alpha value is -5.73. The van der Waals surface area contributed by atoms with Crippen LogP contribution in [0, 0.1) is 0 Å². The van der Waals surface area contributed by atoms with E-state index in [4.69, 9.17) is 4.98 Å². The SMILES string of the molecule is Cn1c(-c2ccc(-c3cc4ccccc4c4ccccc34)cc2)nc2cc(-c3cc4ccccc4c4ccccc34)ccc21. The summed E-state index contributed by atoms with van der Waals surface area (Å²) in [6.45, 7) is 0. The van der Waals surface area contributed by atoms with Crippen LogP contribution in [0.2, 0.25) is 0 Å². The summed E-state index contributed by atoms with van der Waals surface area (Å²) in [5.74, 6) is 0.968. The van der Waals surface area contributed by atoms with Gasteiger partial charge in [-0.3, -0.25) is 0 Å². The monoisotopic (exact) mass is 560 g/mol. The molecule has 0 radical (unpaired) electrons. The zero-order valence-electron chi connectivity index (χ0n) is 24.3. The van der Waals surface area contributed by atoms with Gasteiger partial charge in [0, 0.05) is 12.6 Å². The number of aromatic nitrogens is 2. The van der Waals surface area contributed by atoms with Crippen molar-refractivity contribution >= 4 is 54.1 Å². The van der Waals surface area contributed by atoms with Gasteiger partial charge in [-0.1, -0.05) is 127 Å². The van der Waals surface area contributed by atoms with Crippen molar-refractivity contribution in [3.05, 3.63) is 152 Å². The summed E-state index contributed by atoms with van der Waals surface area (Å²) in [6.07, 6.45) is 0. The van der Waals surface area contributed by atoms with E-state index in [9.17, 15) is 0 Å². The molecule has 0 fully saturated rings. The minimum absolute atomic E-state index is 0.968. The molecule has 0 spiro atoms. The molecule has 0 aliphatic carbocycles. The van der Waals surface area contributed by atoms with Gasteiger partial charge in [0.1, 0.15) is 5.82 Å². The Morgan fingerprint density at radius 3 is 1.45 bits per heavy atom. The summed E-state index contributed by atoms with van der Waals surface area (Å²) < 4.78 is 2.21. The first-order valence-corrected chi connectivity index (χ1v) is 15.1. The highest BCUT2D eigenvalue weighted by Crippen LogP contribution is 2.38. The van der Waals surface area contributed by atoms with E-state index in [2.05, 4.69) is 163 Å². The molecule has 0 atom stereocenters. The van der Waals surface area contributed by atoms with Gasteiger partial charge in [-0.05, 0) is 89.6 Å². The zero-order valence-corrected chi connectivity index (χ0v) is 24.3. The van der Waals surface area contributed by atoms with Gasteiger partial charge in [0.05, 0.1) is 11.0 Å². The second kappa shape index (κ2) is 9.65. The Balaban J connectivity index is 1.14. The topological polar surface area (TPSA) is 17.8 Å². The summed E-state index contributed by atoms with van der Waals surface area (Å²) in [5, 5.41) is 10.2. The van der Waals surface area contributed by atoms with Crippen LogP contribution in [0.15, 0.2) is 152 Å². The van der Waals surface area contributed by atoms with Gasteiger partial charge in [0.15, 0.2) is 0 Å². The Morgan fingerprint density at radius 1 is 0.409 bits per heavy atom. The van der Waals surface area contributed by atoms with Crippen LogP contribution in [-0.2, 0) is 7.05 Å². The van der Waals surface area contributed by atoms with Crippen LogP contribution in [0.4, 0.5) is 0 Å². The van der Waals surface area contributed by atoms with Crippen molar-refractivity contribution in [2.24, 2.45) is 7.05 Å². The van der Waals surface area contributed by atoms with Crippen LogP contribution in [0.25, 0.3) is 87.8 Å². The van der Waals surface area contributed by atoms with Crippen molar-refractivity contribution in [3.63, 3.8) is 0 Å². The number of aryl methyl sites for hydroxylation is 1. The molecule has 206 valence electrons. The third-order valence-corrected chi connectivity index (χ3v) is 9.18. The molecule has 0 amide bonds. The summed E-state index contributed by atoms with van der Waals surface area (Å²) in [4.78, 5) is 5.17. The van der Waals surface area contributed by atoms with E-state index < -0.39 is 0 Å². The first kappa shape index (κ1) is 24.8. The molecule has 2 heteroatoms. The minimum atomic E-state index is 0.968. The molecule has 1 aromatic heterocycles. The molecular weight excluding hydrogens is 532 g/mol. The molecule has 9 rings (SSSR count). The third-order valence-electron chi connectivity index (χ3n) is 9.18. The molecule has 8 aromatic carbocycles. The van der Waals surface area contributed by atoms with Gasteiger partial charge < -0.3 is 4.57 Å². The molecule has 0 aliphatic rings. The van der Waals surface area contributed by atoms with Crippen molar-refractivity contribution in [3.8, 4) is 33.6 Å². The maximum Gasteiger partial charge on any atom is 0.140 e. The summed E-state index contributed by atoms with van der Waals surface area (Å²) in [5.41, 5.74) is 8.11. The van der Waals surface area contributed by atoms with E-state index >= 15 is 0 Å². The molecule has 1 heterocycles. The summed E-state index contributed by atoms with van der Waals surface area (Å²) in [7, 11) is 2.11. The van der Waals surface area contributed by atoms with E-state index in [1.165, 1.54) is 65.3 Å². The van der Waals surface area contributed by atoms with Crippen LogP contribution < -0.4 is 0 Å². The lowest BCUT2D eigenvalue weighted by Crippen LogP contribution is -1.92. The van der Waals surface area contributed by atoms with E-state index in [-0.39, 0.29) is 0 Å². The van der Waals surface area contributed by atoms with Crippen molar-refractivity contribution < 1.29 is 0 Å². The van der Waals surface area contributed by atoms with E-state index in [1.54, 1.807) is 0 Å². The van der Waals surface area contributed by atoms with Crippen molar-refractivity contribution in [2.75, 3.05) is 0 Å². The smallest absolute Gasteiger partial charge is 0.140 e. The molecular formula is C42H28N2. The number of fused-ring (bicyclic) bond motifs is 7. The highest BCUT2D eigenvalue weighted by atomic mass is 15.1. The highest BCUT2D eigenvalue weighted by Gasteiger charge is 2.14. The van der Waals surface area contributed by atoms with E-state index in [0.29, 0.717) is 0 Å². The molecule has 9 aromatic rings. The number of hydrogen-bond donors (Lipinski definition) is 0. The van der Waals surface area contributed by atoms with Crippen LogP contribution in [0.1, 0.15) is 0 Å². The Kier molecular flexibility index (Phi) is 5.45. The summed E-state index contributed by atoms with van der Waals surface area (Å²) >= 11 is 0. The van der Waals surface area contributed by atoms with Gasteiger partial charge >= 0.3 is 0 Å². The van der Waals surface area contributed by atoms with Gasteiger partial charge in [-0.25, -0.2) is 4.98 Å². The zero-order chi connectivity index (χ0) is 29.2. The van der Waals surface area contributed by atoms with Crippen LogP contribution >= 0.6 is 0 Å². The summed E-state index contributed by atoms with van der Waals surface area (Å²) in [6, 6.07) is 54.9. The van der Waals surface area contributed by atoms with E-state index in [0.717, 1.165) is 22.4 Å². The number of hydrogen-bond acceptors (Lipinski definition) is 1. The van der Waals surface area contributed by atoms with Crippen molar-refractivity contribution in [1.82, 2.24) is 9.55 Å². The number of rotatable bonds is 3. The fourth-order valence-corrected chi connectivity index (χ4v) is 7.01. The lowest BCUT2D eigenvalue weighted by molar-refractivity contribution is 0.959. The molecule has 0 unspecified atom stereocenters. The maximum atomic E-state index is 5.17. The average Bonchev–Trinajstić information content (AvgIpc) is 3.43. The number of benzene rings is 8. The van der Waals surface area contributed by atoms with E-state index in [1.807, 2.05) is 0 Å². The molecule has 0 aliphatic heterocycles. The second-order valence-electron chi connectivity index (χ2n) is 11.7. The fraction of sp³-hybridized carbons (Fsp3) is 0.0238. The third kappa shape index (κ3) is 3.78. The van der Waals surface area contributed by atoms with Crippen molar-refractivity contribution in [1.29, 1.82) is 0 Å². The highest BCUT2D eigenvalue weighted by molar-refractivity contribution is 6.15. The molecule has 2 nitrogen and oxygen atoms in total. The Labute approximate surface area is 255 Å². The Morgan fingerprint density at radius 2 is 0.864 bits per heavy atom. The van der Waals surface area contributed by atoms with Crippen molar-refractivity contribution in [2.45, 2.75) is 0 Å². The number of nitrogens with zero attached hydrogens (tertiary/aromatic N) is 2. The first-order chi connectivity index (χ1) is 21.7. The van der Waals surface area contributed by atoms with Crippen LogP contribution in [0.3, 0.4) is 0 Å². The molecule has 44 heavy (non-hydrogen) atoms. The predicted octanol–water partition coefficient (Wildman–Crippen LogP) is 11.2. The Bertz CT molecular complexity index is 2550. The van der Waals surface area contributed by atoms with Gasteiger partial charge in [0.25, 0.3) is 0 Å². The van der Waals surface area contributed by atoms with Gasteiger partial charge in [0.2, 0.25) is 0 Å². The second-order valence-corrected chi connectivity index (χ2v) is 11.7. The minimum Gasteiger partial charge on any atom is -0.327 e. The lowest BCUT2D eigenvalue weighted by atomic mass is 9.93. The van der Waals surface area contributed by atoms with Gasteiger partial charge in [-0.15, -0.1) is 0 Å². The number of imidazole rings is 1. The molecule has 0 saturated carbocycles. The largest absolute Gasteiger partial charge is 0.327 e. The normalized spacial score (nSPS) is 11.8. The van der Waals surface area contributed by atoms with Crippen LogP contribution in [0.5, 0.6) is 0 Å². The van der Waals surface area contributed by atoms with Gasteiger partial charge in [-0.2, -0.15) is 0 Å². The van der Waals surface area contributed by atoms with Crippen LogP contribution in [-0.4, -0.2) is 9.55 Å². The fourth-order valence-electron chi connectivity index (χ4n) is 7.01. The molecule has 0 bridgehead atoms. The average molecular weight is 561 g/mol. The quantitative estimate of drug-likeness (QED) is 0.197.